The zero-order valence-electron chi connectivity index (χ0n) is 9.61. The molecule has 1 aromatic heterocycles. The number of amides is 1. The molecule has 0 spiro atoms. The lowest BCUT2D eigenvalue weighted by Crippen LogP contribution is -2.33. The van der Waals surface area contributed by atoms with Crippen molar-refractivity contribution in [1.82, 2.24) is 15.5 Å². The number of aromatic nitrogens is 2. The number of anilines is 1. The number of carbonyl (C=O) groups excluding carboxylic acids is 1. The summed E-state index contributed by atoms with van der Waals surface area (Å²) in [5.41, 5.74) is 4.76. The van der Waals surface area contributed by atoms with Crippen molar-refractivity contribution in [1.29, 1.82) is 0 Å². The van der Waals surface area contributed by atoms with Crippen LogP contribution in [0, 0.1) is 0 Å². The van der Waals surface area contributed by atoms with Crippen molar-refractivity contribution in [2.24, 2.45) is 0 Å². The van der Waals surface area contributed by atoms with E-state index in [-0.39, 0.29) is 5.95 Å². The highest BCUT2D eigenvalue weighted by atomic mass is 16.6. The van der Waals surface area contributed by atoms with Gasteiger partial charge in [0.2, 0.25) is 5.89 Å². The van der Waals surface area contributed by atoms with Crippen molar-refractivity contribution in [3.63, 3.8) is 0 Å². The Hall–Kier alpha value is -1.79. The van der Waals surface area contributed by atoms with Crippen molar-refractivity contribution < 1.29 is 14.1 Å². The van der Waals surface area contributed by atoms with E-state index < -0.39 is 11.7 Å². The number of nitrogens with one attached hydrogen (secondary N) is 1. The zero-order chi connectivity index (χ0) is 12.2. The van der Waals surface area contributed by atoms with Gasteiger partial charge in [-0.1, -0.05) is 0 Å². The predicted octanol–water partition coefficient (Wildman–Crippen LogP) is 0.719. The highest BCUT2D eigenvalue weighted by Gasteiger charge is 2.15. The summed E-state index contributed by atoms with van der Waals surface area (Å²) in [4.78, 5) is 15.0. The molecule has 1 aromatic rings. The molecule has 0 fully saturated rings. The number of hydrogen-bond acceptors (Lipinski definition) is 6. The van der Waals surface area contributed by atoms with Crippen LogP contribution in [0.4, 0.5) is 10.7 Å². The Bertz CT molecular complexity index is 356. The molecule has 0 saturated heterocycles. The second-order valence-electron chi connectivity index (χ2n) is 4.22. The van der Waals surface area contributed by atoms with Crippen molar-refractivity contribution in [2.75, 3.05) is 12.3 Å². The van der Waals surface area contributed by atoms with Gasteiger partial charge in [0.1, 0.15) is 5.60 Å². The molecule has 1 heterocycles. The minimum atomic E-state index is -0.501. The number of rotatable bonds is 3. The van der Waals surface area contributed by atoms with E-state index >= 15 is 0 Å². The van der Waals surface area contributed by atoms with Crippen molar-refractivity contribution >= 4 is 12.0 Å². The average molecular weight is 228 g/mol. The lowest BCUT2D eigenvalue weighted by molar-refractivity contribution is 0.0527. The van der Waals surface area contributed by atoms with Crippen LogP contribution in [-0.4, -0.2) is 28.4 Å². The van der Waals surface area contributed by atoms with Crippen molar-refractivity contribution in [2.45, 2.75) is 32.8 Å². The first-order chi connectivity index (χ1) is 7.37. The molecule has 0 aliphatic heterocycles. The summed E-state index contributed by atoms with van der Waals surface area (Å²) >= 11 is 0. The number of nitrogen functional groups attached to an aromatic ring is 1. The lowest BCUT2D eigenvalue weighted by atomic mass is 10.2. The smallest absolute Gasteiger partial charge is 0.407 e. The standard InChI is InChI=1S/C9H16N4O3/c1-9(2,3)15-8(14)11-5-4-6-12-7(10)13-16-6/h4-5H2,1-3H3,(H2,10,13)(H,11,14). The Morgan fingerprint density at radius 3 is 2.75 bits per heavy atom. The Morgan fingerprint density at radius 1 is 1.56 bits per heavy atom. The van der Waals surface area contributed by atoms with Gasteiger partial charge in [0.05, 0.1) is 0 Å². The Kier molecular flexibility index (Phi) is 3.70. The van der Waals surface area contributed by atoms with E-state index in [2.05, 4.69) is 15.5 Å². The Labute approximate surface area is 93.3 Å². The minimum absolute atomic E-state index is 0.0901. The van der Waals surface area contributed by atoms with Gasteiger partial charge >= 0.3 is 6.09 Å². The molecule has 0 bridgehead atoms. The normalized spacial score (nSPS) is 11.2. The first kappa shape index (κ1) is 12.3. The summed E-state index contributed by atoms with van der Waals surface area (Å²) in [5.74, 6) is 0.473. The van der Waals surface area contributed by atoms with Gasteiger partial charge in [0, 0.05) is 13.0 Å². The van der Waals surface area contributed by atoms with Gasteiger partial charge in [-0.2, -0.15) is 4.98 Å². The topological polar surface area (TPSA) is 103 Å². The molecule has 0 unspecified atom stereocenters. The third kappa shape index (κ3) is 4.63. The maximum atomic E-state index is 11.2. The lowest BCUT2D eigenvalue weighted by Gasteiger charge is -2.19. The van der Waals surface area contributed by atoms with E-state index in [1.54, 1.807) is 20.8 Å². The molecule has 16 heavy (non-hydrogen) atoms. The SMILES string of the molecule is CC(C)(C)OC(=O)NCCc1nc(N)no1. The van der Waals surface area contributed by atoms with Gasteiger partial charge < -0.3 is 20.3 Å². The molecule has 0 radical (unpaired) electrons. The van der Waals surface area contributed by atoms with Gasteiger partial charge in [-0.05, 0) is 25.9 Å². The summed E-state index contributed by atoms with van der Waals surface area (Å²) in [7, 11) is 0. The quantitative estimate of drug-likeness (QED) is 0.790. The molecule has 0 aliphatic carbocycles. The number of carbonyl (C=O) groups is 1. The van der Waals surface area contributed by atoms with Gasteiger partial charge in [-0.15, -0.1) is 0 Å². The largest absolute Gasteiger partial charge is 0.444 e. The van der Waals surface area contributed by atoms with Crippen LogP contribution < -0.4 is 11.1 Å². The molecule has 0 aromatic carbocycles. The maximum Gasteiger partial charge on any atom is 0.407 e. The average Bonchev–Trinajstić information content (AvgIpc) is 2.48. The second-order valence-corrected chi connectivity index (χ2v) is 4.22. The molecule has 0 saturated carbocycles. The maximum absolute atomic E-state index is 11.2. The second kappa shape index (κ2) is 4.82. The summed E-state index contributed by atoms with van der Waals surface area (Å²) in [6, 6.07) is 0. The van der Waals surface area contributed by atoms with Crippen LogP contribution in [0.15, 0.2) is 4.52 Å². The fraction of sp³-hybridized carbons (Fsp3) is 0.667. The molecule has 7 heteroatoms. The van der Waals surface area contributed by atoms with Crippen LogP contribution in [0.3, 0.4) is 0 Å². The number of nitrogens with zero attached hydrogens (tertiary/aromatic N) is 2. The molecule has 1 rings (SSSR count). The fourth-order valence-corrected chi connectivity index (χ4v) is 0.955. The number of hydrogen-bond donors (Lipinski definition) is 2. The van der Waals surface area contributed by atoms with E-state index in [0.717, 1.165) is 0 Å². The van der Waals surface area contributed by atoms with E-state index in [0.29, 0.717) is 18.9 Å². The van der Waals surface area contributed by atoms with Crippen LogP contribution in [-0.2, 0) is 11.2 Å². The van der Waals surface area contributed by atoms with Crippen LogP contribution in [0.1, 0.15) is 26.7 Å². The molecule has 90 valence electrons. The molecular weight excluding hydrogens is 212 g/mol. The molecule has 0 atom stereocenters. The molecular formula is C9H16N4O3. The first-order valence-corrected chi connectivity index (χ1v) is 4.92. The van der Waals surface area contributed by atoms with Crippen molar-refractivity contribution in [3.8, 4) is 0 Å². The van der Waals surface area contributed by atoms with Crippen LogP contribution in [0.5, 0.6) is 0 Å². The van der Waals surface area contributed by atoms with Gasteiger partial charge in [-0.25, -0.2) is 4.79 Å². The predicted molar refractivity (Wildman–Crippen MR) is 56.7 cm³/mol. The van der Waals surface area contributed by atoms with Crippen LogP contribution >= 0.6 is 0 Å². The summed E-state index contributed by atoms with van der Waals surface area (Å²) in [5, 5.41) is 5.99. The van der Waals surface area contributed by atoms with Crippen LogP contribution in [0.2, 0.25) is 0 Å². The molecule has 7 nitrogen and oxygen atoms in total. The van der Waals surface area contributed by atoms with E-state index in [4.69, 9.17) is 15.0 Å². The molecule has 0 aliphatic rings. The monoisotopic (exact) mass is 228 g/mol. The number of alkyl carbamates (subject to hydrolysis) is 1. The van der Waals surface area contributed by atoms with E-state index in [9.17, 15) is 4.79 Å². The van der Waals surface area contributed by atoms with Crippen molar-refractivity contribution in [3.05, 3.63) is 5.89 Å². The Balaban J connectivity index is 2.23. The summed E-state index contributed by atoms with van der Waals surface area (Å²) in [6.07, 6.45) is -0.0522. The van der Waals surface area contributed by atoms with Gasteiger partial charge in [-0.3, -0.25) is 0 Å². The highest BCUT2D eigenvalue weighted by Crippen LogP contribution is 2.06. The zero-order valence-corrected chi connectivity index (χ0v) is 9.61. The highest BCUT2D eigenvalue weighted by molar-refractivity contribution is 5.67. The van der Waals surface area contributed by atoms with Gasteiger partial charge in [0.25, 0.3) is 5.95 Å². The summed E-state index contributed by atoms with van der Waals surface area (Å²) < 4.78 is 9.81. The molecule has 3 N–H and O–H groups in total. The molecule has 1 amide bonds. The van der Waals surface area contributed by atoms with Gasteiger partial charge in [0.15, 0.2) is 0 Å². The summed E-state index contributed by atoms with van der Waals surface area (Å²) in [6.45, 7) is 5.75. The number of ether oxygens (including phenoxy) is 1. The Morgan fingerprint density at radius 2 is 2.25 bits per heavy atom. The van der Waals surface area contributed by atoms with E-state index in [1.807, 2.05) is 0 Å². The van der Waals surface area contributed by atoms with E-state index in [1.165, 1.54) is 0 Å². The third-order valence-electron chi connectivity index (χ3n) is 1.49. The fourth-order valence-electron chi connectivity index (χ4n) is 0.955. The third-order valence-corrected chi connectivity index (χ3v) is 1.49. The van der Waals surface area contributed by atoms with Crippen LogP contribution in [0.25, 0.3) is 0 Å². The number of nitrogens with two attached hydrogens (primary N) is 1. The first-order valence-electron chi connectivity index (χ1n) is 4.92. The minimum Gasteiger partial charge on any atom is -0.444 e.